The Morgan fingerprint density at radius 1 is 1.26 bits per heavy atom. The zero-order chi connectivity index (χ0) is 19.2. The molecule has 9 heteroatoms. The van der Waals surface area contributed by atoms with E-state index in [1.54, 1.807) is 24.3 Å². The number of nitrogens with zero attached hydrogens (tertiary/aromatic N) is 2. The third kappa shape index (κ3) is 5.98. The van der Waals surface area contributed by atoms with Crippen LogP contribution in [-0.4, -0.2) is 21.9 Å². The molecular formula is C18H15BrClN3O3S. The van der Waals surface area contributed by atoms with Crippen LogP contribution >= 0.6 is 39.3 Å². The molecule has 0 fully saturated rings. The molecule has 1 N–H and O–H groups in total. The van der Waals surface area contributed by atoms with E-state index >= 15 is 0 Å². The van der Waals surface area contributed by atoms with Gasteiger partial charge in [-0.3, -0.25) is 4.79 Å². The van der Waals surface area contributed by atoms with Gasteiger partial charge >= 0.3 is 0 Å². The summed E-state index contributed by atoms with van der Waals surface area (Å²) in [5, 5.41) is 11.6. The summed E-state index contributed by atoms with van der Waals surface area (Å²) in [5.41, 5.74) is 1.74. The first-order chi connectivity index (χ1) is 13.0. The molecule has 0 saturated heterocycles. The van der Waals surface area contributed by atoms with Gasteiger partial charge in [-0.25, -0.2) is 0 Å². The molecule has 0 bridgehead atoms. The van der Waals surface area contributed by atoms with Gasteiger partial charge in [0.15, 0.2) is 6.61 Å². The second-order valence-corrected chi connectivity index (χ2v) is 7.78. The average Bonchev–Trinajstić information content (AvgIpc) is 3.10. The maximum Gasteiger partial charge on any atom is 0.277 e. The van der Waals surface area contributed by atoms with Crippen molar-refractivity contribution in [1.29, 1.82) is 0 Å². The molecule has 2 aromatic carbocycles. The number of amides is 1. The lowest BCUT2D eigenvalue weighted by atomic mass is 10.2. The summed E-state index contributed by atoms with van der Waals surface area (Å²) >= 11 is 10.4. The average molecular weight is 469 g/mol. The molecular weight excluding hydrogens is 454 g/mol. The standard InChI is InChI=1S/C18H15BrClN3O3S/c1-11-8-12(19)2-7-15(11)21-16(24)10-27-18-23-22-17(26-18)9-25-14-5-3-13(20)4-6-14/h2-8H,9-10H2,1H3,(H,21,24). The van der Waals surface area contributed by atoms with Gasteiger partial charge in [0.2, 0.25) is 5.91 Å². The molecule has 140 valence electrons. The fourth-order valence-electron chi connectivity index (χ4n) is 2.11. The molecule has 6 nitrogen and oxygen atoms in total. The quantitative estimate of drug-likeness (QED) is 0.486. The Morgan fingerprint density at radius 3 is 2.78 bits per heavy atom. The number of hydrogen-bond donors (Lipinski definition) is 1. The van der Waals surface area contributed by atoms with Crippen LogP contribution in [0.15, 0.2) is 56.6 Å². The Balaban J connectivity index is 1.47. The van der Waals surface area contributed by atoms with E-state index in [9.17, 15) is 4.79 Å². The van der Waals surface area contributed by atoms with Crippen LogP contribution < -0.4 is 10.1 Å². The summed E-state index contributed by atoms with van der Waals surface area (Å²) in [6, 6.07) is 12.6. The highest BCUT2D eigenvalue weighted by Crippen LogP contribution is 2.22. The lowest BCUT2D eigenvalue weighted by Crippen LogP contribution is -2.14. The molecule has 0 saturated carbocycles. The van der Waals surface area contributed by atoms with Crippen LogP contribution in [0, 0.1) is 6.92 Å². The van der Waals surface area contributed by atoms with Crippen LogP contribution in [0.1, 0.15) is 11.5 Å². The number of benzene rings is 2. The van der Waals surface area contributed by atoms with Gasteiger partial charge in [-0.1, -0.05) is 39.3 Å². The van der Waals surface area contributed by atoms with E-state index in [0.717, 1.165) is 15.7 Å². The lowest BCUT2D eigenvalue weighted by Gasteiger charge is -2.07. The SMILES string of the molecule is Cc1cc(Br)ccc1NC(=O)CSc1nnc(COc2ccc(Cl)cc2)o1. The molecule has 27 heavy (non-hydrogen) atoms. The molecule has 0 radical (unpaired) electrons. The van der Waals surface area contributed by atoms with E-state index in [0.29, 0.717) is 21.9 Å². The number of carbonyl (C=O) groups excluding carboxylic acids is 1. The van der Waals surface area contributed by atoms with E-state index in [-0.39, 0.29) is 18.3 Å². The predicted molar refractivity (Wildman–Crippen MR) is 108 cm³/mol. The van der Waals surface area contributed by atoms with Crippen molar-refractivity contribution in [1.82, 2.24) is 10.2 Å². The Hall–Kier alpha value is -2.03. The Labute approximate surface area is 173 Å². The highest BCUT2D eigenvalue weighted by molar-refractivity contribution is 9.10. The number of hydrogen-bond acceptors (Lipinski definition) is 6. The van der Waals surface area contributed by atoms with Crippen molar-refractivity contribution >= 4 is 50.9 Å². The Bertz CT molecular complexity index is 934. The normalized spacial score (nSPS) is 10.6. The first-order valence-electron chi connectivity index (χ1n) is 7.89. The largest absolute Gasteiger partial charge is 0.484 e. The summed E-state index contributed by atoms with van der Waals surface area (Å²) < 4.78 is 12.0. The smallest absolute Gasteiger partial charge is 0.277 e. The lowest BCUT2D eigenvalue weighted by molar-refractivity contribution is -0.113. The molecule has 0 aliphatic heterocycles. The molecule has 0 spiro atoms. The van der Waals surface area contributed by atoms with Crippen molar-refractivity contribution in [2.75, 3.05) is 11.1 Å². The van der Waals surface area contributed by atoms with Gasteiger partial charge in [0.05, 0.1) is 5.75 Å². The van der Waals surface area contributed by atoms with Crippen molar-refractivity contribution in [2.24, 2.45) is 0 Å². The van der Waals surface area contributed by atoms with E-state index in [1.165, 1.54) is 11.8 Å². The van der Waals surface area contributed by atoms with Crippen LogP contribution in [0.25, 0.3) is 0 Å². The van der Waals surface area contributed by atoms with Crippen LogP contribution in [0.5, 0.6) is 5.75 Å². The maximum atomic E-state index is 12.1. The van der Waals surface area contributed by atoms with Crippen molar-refractivity contribution < 1.29 is 13.9 Å². The van der Waals surface area contributed by atoms with E-state index < -0.39 is 0 Å². The topological polar surface area (TPSA) is 77.2 Å². The third-order valence-electron chi connectivity index (χ3n) is 3.41. The molecule has 0 unspecified atom stereocenters. The van der Waals surface area contributed by atoms with E-state index in [1.807, 2.05) is 25.1 Å². The third-order valence-corrected chi connectivity index (χ3v) is 4.98. The maximum absolute atomic E-state index is 12.1. The van der Waals surface area contributed by atoms with Gasteiger partial charge in [0.25, 0.3) is 11.1 Å². The second-order valence-electron chi connectivity index (χ2n) is 5.50. The zero-order valence-electron chi connectivity index (χ0n) is 14.2. The van der Waals surface area contributed by atoms with Gasteiger partial charge in [-0.15, -0.1) is 10.2 Å². The van der Waals surface area contributed by atoms with Crippen molar-refractivity contribution in [3.63, 3.8) is 0 Å². The molecule has 1 heterocycles. The van der Waals surface area contributed by atoms with Crippen LogP contribution in [-0.2, 0) is 11.4 Å². The second kappa shape index (κ2) is 9.25. The van der Waals surface area contributed by atoms with Crippen LogP contribution in [0.3, 0.4) is 0 Å². The molecule has 0 aliphatic carbocycles. The van der Waals surface area contributed by atoms with Gasteiger partial charge in [0, 0.05) is 15.2 Å². The zero-order valence-corrected chi connectivity index (χ0v) is 17.4. The number of ether oxygens (including phenoxy) is 1. The molecule has 1 amide bonds. The number of thioether (sulfide) groups is 1. The van der Waals surface area contributed by atoms with E-state index in [4.69, 9.17) is 20.8 Å². The summed E-state index contributed by atoms with van der Waals surface area (Å²) in [5.74, 6) is 0.991. The summed E-state index contributed by atoms with van der Waals surface area (Å²) in [7, 11) is 0. The summed E-state index contributed by atoms with van der Waals surface area (Å²) in [6.45, 7) is 2.07. The molecule has 0 aliphatic rings. The van der Waals surface area contributed by atoms with Crippen LogP contribution in [0.2, 0.25) is 5.02 Å². The minimum Gasteiger partial charge on any atom is -0.484 e. The molecule has 3 aromatic rings. The van der Waals surface area contributed by atoms with Gasteiger partial charge < -0.3 is 14.5 Å². The van der Waals surface area contributed by atoms with Crippen molar-refractivity contribution in [2.45, 2.75) is 18.8 Å². The minimum atomic E-state index is -0.150. The van der Waals surface area contributed by atoms with Gasteiger partial charge in [0.1, 0.15) is 5.75 Å². The van der Waals surface area contributed by atoms with E-state index in [2.05, 4.69) is 31.4 Å². The molecule has 1 aromatic heterocycles. The van der Waals surface area contributed by atoms with Gasteiger partial charge in [-0.05, 0) is 55.0 Å². The highest BCUT2D eigenvalue weighted by Gasteiger charge is 2.11. The van der Waals surface area contributed by atoms with Gasteiger partial charge in [-0.2, -0.15) is 0 Å². The fraction of sp³-hybridized carbons (Fsp3) is 0.167. The number of carbonyl (C=O) groups is 1. The molecule has 0 atom stereocenters. The summed E-state index contributed by atoms with van der Waals surface area (Å²) in [4.78, 5) is 12.1. The monoisotopic (exact) mass is 467 g/mol. The molecule has 3 rings (SSSR count). The predicted octanol–water partition coefficient (Wildman–Crippen LogP) is 5.10. The number of rotatable bonds is 7. The van der Waals surface area contributed by atoms with Crippen molar-refractivity contribution in [3.05, 3.63) is 63.4 Å². The Kier molecular flexibility index (Phi) is 6.76. The summed E-state index contributed by atoms with van der Waals surface area (Å²) in [6.07, 6.45) is 0. The first-order valence-corrected chi connectivity index (χ1v) is 10.0. The number of aryl methyl sites for hydroxylation is 1. The fourth-order valence-corrected chi connectivity index (χ4v) is 3.29. The minimum absolute atomic E-state index is 0.138. The Morgan fingerprint density at radius 2 is 2.04 bits per heavy atom. The number of anilines is 1. The van der Waals surface area contributed by atoms with Crippen molar-refractivity contribution in [3.8, 4) is 5.75 Å². The number of nitrogens with one attached hydrogen (secondary N) is 1. The number of aromatic nitrogens is 2. The van der Waals surface area contributed by atoms with Crippen LogP contribution in [0.4, 0.5) is 5.69 Å². The number of halogens is 2. The highest BCUT2D eigenvalue weighted by atomic mass is 79.9. The first kappa shape index (κ1) is 19.7.